The number of rotatable bonds is 1. The second kappa shape index (κ2) is 2.66. The van der Waals surface area contributed by atoms with Crippen LogP contribution in [-0.2, 0) is 0 Å². The van der Waals surface area contributed by atoms with Crippen LogP contribution in [0.5, 0.6) is 0 Å². The lowest BCUT2D eigenvalue weighted by atomic mass is 10.5. The largest absolute Gasteiger partial charge is 0.289 e. The molecule has 42 valence electrons. The minimum absolute atomic E-state index is 0.741. The molecule has 0 unspecified atom stereocenters. The second-order valence-electron chi connectivity index (χ2n) is 0.974. The highest BCUT2D eigenvalue weighted by molar-refractivity contribution is 4.90. The van der Waals surface area contributed by atoms with E-state index in [-0.39, 0.29) is 0 Å². The average molecular weight is 110 g/mol. The molecular weight excluding hydrogens is 105 g/mol. The molecule has 0 radical (unpaired) electrons. The summed E-state index contributed by atoms with van der Waals surface area (Å²) >= 11 is 0. The van der Waals surface area contributed by atoms with Crippen molar-refractivity contribution in [1.82, 2.24) is 0 Å². The molecular formula is C4H5F3. The smallest absolute Gasteiger partial charge is 0.206 e. The van der Waals surface area contributed by atoms with Crippen molar-refractivity contribution in [2.45, 2.75) is 13.3 Å². The van der Waals surface area contributed by atoms with Gasteiger partial charge in [-0.15, -0.1) is 0 Å². The third kappa shape index (κ3) is 2.25. The Labute approximate surface area is 39.6 Å². The lowest BCUT2D eigenvalue weighted by Crippen LogP contribution is -1.87. The molecule has 0 spiro atoms. The van der Waals surface area contributed by atoms with Gasteiger partial charge in [-0.3, -0.25) is 0 Å². The molecule has 0 amide bonds. The molecule has 0 N–H and O–H groups in total. The standard InChI is InChI=1S/C4H5F3/c1-2-3(5)4(6)7/h2,4H,1H3/b3-2+. The van der Waals surface area contributed by atoms with Crippen LogP contribution in [0.3, 0.4) is 0 Å². The molecule has 0 aromatic carbocycles. The maximum atomic E-state index is 11.4. The zero-order chi connectivity index (χ0) is 5.86. The van der Waals surface area contributed by atoms with E-state index in [1.54, 1.807) is 0 Å². The zero-order valence-corrected chi connectivity index (χ0v) is 3.79. The van der Waals surface area contributed by atoms with Crippen molar-refractivity contribution in [3.63, 3.8) is 0 Å². The first-order chi connectivity index (χ1) is 3.18. The summed E-state index contributed by atoms with van der Waals surface area (Å²) in [6.07, 6.45) is -2.20. The number of hydrogen-bond acceptors (Lipinski definition) is 0. The van der Waals surface area contributed by atoms with E-state index in [1.165, 1.54) is 6.92 Å². The molecule has 0 aliphatic heterocycles. The molecule has 0 aromatic rings. The van der Waals surface area contributed by atoms with Gasteiger partial charge in [-0.2, -0.15) is 0 Å². The third-order valence-corrected chi connectivity index (χ3v) is 0.484. The highest BCUT2D eigenvalue weighted by Crippen LogP contribution is 2.07. The van der Waals surface area contributed by atoms with Gasteiger partial charge in [0.25, 0.3) is 6.43 Å². The molecule has 0 bridgehead atoms. The van der Waals surface area contributed by atoms with Gasteiger partial charge in [0.1, 0.15) is 0 Å². The van der Waals surface area contributed by atoms with E-state index in [0.29, 0.717) is 0 Å². The zero-order valence-electron chi connectivity index (χ0n) is 3.79. The molecule has 0 rings (SSSR count). The van der Waals surface area contributed by atoms with Gasteiger partial charge in [0.05, 0.1) is 0 Å². The van der Waals surface area contributed by atoms with Crippen LogP contribution in [-0.4, -0.2) is 6.43 Å². The molecule has 0 nitrogen and oxygen atoms in total. The second-order valence-corrected chi connectivity index (χ2v) is 0.974. The van der Waals surface area contributed by atoms with Crippen LogP contribution in [0.15, 0.2) is 11.9 Å². The van der Waals surface area contributed by atoms with Gasteiger partial charge in [0, 0.05) is 0 Å². The predicted molar refractivity (Wildman–Crippen MR) is 20.9 cm³/mol. The van der Waals surface area contributed by atoms with Crippen LogP contribution in [0.4, 0.5) is 13.2 Å². The lowest BCUT2D eigenvalue weighted by molar-refractivity contribution is 0.158. The molecule has 0 aliphatic rings. The SMILES string of the molecule is C/C=C(/F)C(F)F. The summed E-state index contributed by atoms with van der Waals surface area (Å²) in [5.74, 6) is -1.36. The van der Waals surface area contributed by atoms with E-state index < -0.39 is 12.3 Å². The van der Waals surface area contributed by atoms with Gasteiger partial charge < -0.3 is 0 Å². The van der Waals surface area contributed by atoms with E-state index in [0.717, 1.165) is 6.08 Å². The van der Waals surface area contributed by atoms with Gasteiger partial charge in [-0.05, 0) is 6.92 Å². The molecule has 0 saturated heterocycles. The summed E-state index contributed by atoms with van der Waals surface area (Å²) in [5.41, 5.74) is 0. The Morgan fingerprint density at radius 3 is 2.00 bits per heavy atom. The van der Waals surface area contributed by atoms with Crippen LogP contribution in [0, 0.1) is 0 Å². The van der Waals surface area contributed by atoms with Gasteiger partial charge in [-0.1, -0.05) is 6.08 Å². The highest BCUT2D eigenvalue weighted by atomic mass is 19.3. The van der Waals surface area contributed by atoms with E-state index in [9.17, 15) is 13.2 Å². The monoisotopic (exact) mass is 110 g/mol. The first-order valence-corrected chi connectivity index (χ1v) is 1.78. The predicted octanol–water partition coefficient (Wildman–Crippen LogP) is 2.12. The fourth-order valence-electron chi connectivity index (χ4n) is 0.126. The molecule has 0 fully saturated rings. The van der Waals surface area contributed by atoms with Crippen molar-refractivity contribution in [2.75, 3.05) is 0 Å². The summed E-state index contributed by atoms with van der Waals surface area (Å²) in [6, 6.07) is 0. The molecule has 0 aromatic heterocycles. The quantitative estimate of drug-likeness (QED) is 0.485. The van der Waals surface area contributed by atoms with E-state index in [4.69, 9.17) is 0 Å². The van der Waals surface area contributed by atoms with Crippen LogP contribution in [0.25, 0.3) is 0 Å². The number of alkyl halides is 2. The maximum absolute atomic E-state index is 11.4. The minimum atomic E-state index is -2.94. The first kappa shape index (κ1) is 6.53. The van der Waals surface area contributed by atoms with Gasteiger partial charge in [0.15, 0.2) is 5.83 Å². The van der Waals surface area contributed by atoms with Crippen molar-refractivity contribution < 1.29 is 13.2 Å². The Morgan fingerprint density at radius 2 is 2.00 bits per heavy atom. The lowest BCUT2D eigenvalue weighted by Gasteiger charge is -1.87. The fraction of sp³-hybridized carbons (Fsp3) is 0.500. The van der Waals surface area contributed by atoms with Crippen LogP contribution in [0.2, 0.25) is 0 Å². The highest BCUT2D eigenvalue weighted by Gasteiger charge is 2.05. The normalized spacial score (nSPS) is 13.0. The van der Waals surface area contributed by atoms with Crippen LogP contribution < -0.4 is 0 Å². The Hall–Kier alpha value is -0.470. The summed E-state index contributed by atoms with van der Waals surface area (Å²) in [4.78, 5) is 0. The van der Waals surface area contributed by atoms with Crippen molar-refractivity contribution in [3.05, 3.63) is 11.9 Å². The number of hydrogen-bond donors (Lipinski definition) is 0. The Morgan fingerprint density at radius 1 is 1.57 bits per heavy atom. The van der Waals surface area contributed by atoms with Gasteiger partial charge >= 0.3 is 0 Å². The van der Waals surface area contributed by atoms with Gasteiger partial charge in [-0.25, -0.2) is 13.2 Å². The summed E-state index contributed by atoms with van der Waals surface area (Å²) in [7, 11) is 0. The van der Waals surface area contributed by atoms with Gasteiger partial charge in [0.2, 0.25) is 0 Å². The number of allylic oxidation sites excluding steroid dienone is 2. The number of halogens is 3. The fourth-order valence-corrected chi connectivity index (χ4v) is 0.126. The van der Waals surface area contributed by atoms with Crippen LogP contribution in [0.1, 0.15) is 6.92 Å². The molecule has 0 heterocycles. The Balaban J connectivity index is 3.56. The Bertz CT molecular complexity index is 75.0. The van der Waals surface area contributed by atoms with Crippen molar-refractivity contribution >= 4 is 0 Å². The third-order valence-electron chi connectivity index (χ3n) is 0.484. The minimum Gasteiger partial charge on any atom is -0.206 e. The molecule has 0 aliphatic carbocycles. The first-order valence-electron chi connectivity index (χ1n) is 1.78. The summed E-state index contributed by atoms with van der Waals surface area (Å²) < 4.78 is 33.3. The Kier molecular flexibility index (Phi) is 2.48. The van der Waals surface area contributed by atoms with E-state index in [2.05, 4.69) is 0 Å². The van der Waals surface area contributed by atoms with E-state index >= 15 is 0 Å². The molecule has 0 atom stereocenters. The molecule has 0 saturated carbocycles. The van der Waals surface area contributed by atoms with E-state index in [1.807, 2.05) is 0 Å². The van der Waals surface area contributed by atoms with Crippen molar-refractivity contribution in [2.24, 2.45) is 0 Å². The van der Waals surface area contributed by atoms with Crippen molar-refractivity contribution in [1.29, 1.82) is 0 Å². The molecule has 3 heteroatoms. The molecule has 7 heavy (non-hydrogen) atoms. The maximum Gasteiger partial charge on any atom is 0.289 e. The average Bonchev–Trinajstić information content (AvgIpc) is 1.65. The van der Waals surface area contributed by atoms with Crippen LogP contribution >= 0.6 is 0 Å². The topological polar surface area (TPSA) is 0 Å². The van der Waals surface area contributed by atoms with Crippen molar-refractivity contribution in [3.8, 4) is 0 Å². The summed E-state index contributed by atoms with van der Waals surface area (Å²) in [5, 5.41) is 0. The summed E-state index contributed by atoms with van der Waals surface area (Å²) in [6.45, 7) is 1.22.